The summed E-state index contributed by atoms with van der Waals surface area (Å²) in [5, 5.41) is 9.06. The van der Waals surface area contributed by atoms with Crippen molar-refractivity contribution >= 4 is 11.9 Å². The lowest BCUT2D eigenvalue weighted by molar-refractivity contribution is -0.141. The van der Waals surface area contributed by atoms with Crippen LogP contribution in [0, 0.1) is 11.8 Å². The molecule has 0 aromatic heterocycles. The van der Waals surface area contributed by atoms with Crippen LogP contribution in [-0.2, 0) is 22.4 Å². The minimum atomic E-state index is -0.756. The topological polar surface area (TPSA) is 57.6 Å². The maximum absolute atomic E-state index is 12.6. The molecule has 4 nitrogen and oxygen atoms in total. The maximum atomic E-state index is 12.6. The van der Waals surface area contributed by atoms with E-state index in [9.17, 15) is 9.59 Å². The van der Waals surface area contributed by atoms with Gasteiger partial charge in [0, 0.05) is 19.0 Å². The highest BCUT2D eigenvalue weighted by Gasteiger charge is 2.36. The van der Waals surface area contributed by atoms with Crippen molar-refractivity contribution in [3.63, 3.8) is 0 Å². The molecule has 2 atom stereocenters. The van der Waals surface area contributed by atoms with E-state index in [0.29, 0.717) is 12.8 Å². The summed E-state index contributed by atoms with van der Waals surface area (Å²) in [6.45, 7) is 1.51. The number of benzene rings is 1. The Balaban J connectivity index is 1.64. The highest BCUT2D eigenvalue weighted by molar-refractivity contribution is 5.81. The van der Waals surface area contributed by atoms with Gasteiger partial charge in [-0.2, -0.15) is 0 Å². The molecule has 0 saturated heterocycles. The molecule has 1 heterocycles. The lowest BCUT2D eigenvalue weighted by Crippen LogP contribution is -2.37. The Morgan fingerprint density at radius 3 is 2.10 bits per heavy atom. The predicted octanol–water partition coefficient (Wildman–Crippen LogP) is 2.11. The molecular weight excluding hydrogens is 266 g/mol. The van der Waals surface area contributed by atoms with E-state index in [1.54, 1.807) is 0 Å². The van der Waals surface area contributed by atoms with Gasteiger partial charge in [0.2, 0.25) is 5.91 Å². The van der Waals surface area contributed by atoms with Gasteiger partial charge in [0.15, 0.2) is 0 Å². The number of hydrogen-bond donors (Lipinski definition) is 1. The molecule has 1 aromatic carbocycles. The van der Waals surface area contributed by atoms with E-state index in [2.05, 4.69) is 12.1 Å². The fourth-order valence-corrected chi connectivity index (χ4v) is 3.58. The van der Waals surface area contributed by atoms with Crippen molar-refractivity contribution in [1.29, 1.82) is 0 Å². The second-order valence-electron chi connectivity index (χ2n) is 6.14. The molecule has 4 heteroatoms. The van der Waals surface area contributed by atoms with Crippen molar-refractivity contribution in [2.75, 3.05) is 13.1 Å². The van der Waals surface area contributed by atoms with Crippen molar-refractivity contribution in [2.45, 2.75) is 32.1 Å². The fourth-order valence-electron chi connectivity index (χ4n) is 3.58. The summed E-state index contributed by atoms with van der Waals surface area (Å²) in [6.07, 6.45) is 3.67. The second-order valence-corrected chi connectivity index (χ2v) is 6.14. The number of carbonyl (C=O) groups excluding carboxylic acids is 1. The molecule has 2 aliphatic rings. The first-order valence-corrected chi connectivity index (χ1v) is 7.73. The summed E-state index contributed by atoms with van der Waals surface area (Å²) < 4.78 is 0. The van der Waals surface area contributed by atoms with E-state index in [-0.39, 0.29) is 17.7 Å². The maximum Gasteiger partial charge on any atom is 0.306 e. The van der Waals surface area contributed by atoms with Crippen LogP contribution in [0.25, 0.3) is 0 Å². The molecule has 1 aromatic rings. The van der Waals surface area contributed by atoms with E-state index in [0.717, 1.165) is 32.4 Å². The van der Waals surface area contributed by atoms with Crippen LogP contribution in [-0.4, -0.2) is 35.0 Å². The minimum absolute atomic E-state index is 0.0905. The number of nitrogens with zero attached hydrogens (tertiary/aromatic N) is 1. The number of hydrogen-bond acceptors (Lipinski definition) is 2. The molecule has 1 aliphatic carbocycles. The third-order valence-corrected chi connectivity index (χ3v) is 4.86. The molecule has 0 spiro atoms. The normalized spacial score (nSPS) is 25.2. The molecule has 1 N–H and O–H groups in total. The fraction of sp³-hybridized carbons (Fsp3) is 0.529. The molecule has 2 unspecified atom stereocenters. The van der Waals surface area contributed by atoms with Gasteiger partial charge < -0.3 is 10.0 Å². The molecule has 0 bridgehead atoms. The number of carboxylic acids is 1. The number of carboxylic acid groups (broad SMARTS) is 1. The average molecular weight is 287 g/mol. The first-order chi connectivity index (χ1) is 10.1. The highest BCUT2D eigenvalue weighted by atomic mass is 16.4. The highest BCUT2D eigenvalue weighted by Crippen LogP contribution is 2.32. The van der Waals surface area contributed by atoms with Crippen LogP contribution < -0.4 is 0 Å². The number of carbonyl (C=O) groups is 2. The summed E-state index contributed by atoms with van der Waals surface area (Å²) in [6, 6.07) is 8.37. The number of fused-ring (bicyclic) bond motifs is 1. The van der Waals surface area contributed by atoms with Crippen molar-refractivity contribution in [3.05, 3.63) is 35.4 Å². The molecule has 21 heavy (non-hydrogen) atoms. The molecule has 1 aliphatic heterocycles. The molecule has 112 valence electrons. The third kappa shape index (κ3) is 2.94. The lowest BCUT2D eigenvalue weighted by Gasteiger charge is -2.23. The predicted molar refractivity (Wildman–Crippen MR) is 78.9 cm³/mol. The zero-order valence-electron chi connectivity index (χ0n) is 12.1. The van der Waals surface area contributed by atoms with Crippen molar-refractivity contribution in [2.24, 2.45) is 11.8 Å². The zero-order chi connectivity index (χ0) is 14.8. The van der Waals surface area contributed by atoms with Gasteiger partial charge in [0.1, 0.15) is 0 Å². The van der Waals surface area contributed by atoms with E-state index in [1.165, 1.54) is 11.1 Å². The van der Waals surface area contributed by atoms with Gasteiger partial charge in [-0.25, -0.2) is 0 Å². The summed E-state index contributed by atoms with van der Waals surface area (Å²) in [4.78, 5) is 25.6. The molecule has 3 rings (SSSR count). The Morgan fingerprint density at radius 2 is 1.57 bits per heavy atom. The van der Waals surface area contributed by atoms with Crippen LogP contribution >= 0.6 is 0 Å². The smallest absolute Gasteiger partial charge is 0.306 e. The van der Waals surface area contributed by atoms with Crippen LogP contribution in [0.4, 0.5) is 0 Å². The molecule has 1 amide bonds. The van der Waals surface area contributed by atoms with Crippen LogP contribution in [0.3, 0.4) is 0 Å². The van der Waals surface area contributed by atoms with Crippen LogP contribution in [0.15, 0.2) is 24.3 Å². The summed E-state index contributed by atoms with van der Waals surface area (Å²) in [5.41, 5.74) is 2.67. The molecular formula is C17H21NO3. The molecule has 0 radical (unpaired) electrons. The van der Waals surface area contributed by atoms with Gasteiger partial charge in [0.05, 0.1) is 5.92 Å². The van der Waals surface area contributed by atoms with Gasteiger partial charge in [-0.05, 0) is 43.2 Å². The minimum Gasteiger partial charge on any atom is -0.481 e. The zero-order valence-corrected chi connectivity index (χ0v) is 12.1. The standard InChI is InChI=1S/C17H21NO3/c19-16(14-5-6-15(11-14)17(20)21)18-9-7-12-3-1-2-4-13(12)8-10-18/h1-4,14-15H,5-11H2,(H,20,21). The van der Waals surface area contributed by atoms with E-state index in [4.69, 9.17) is 5.11 Å². The second kappa shape index (κ2) is 5.88. The Kier molecular flexibility index (Phi) is 3.95. The van der Waals surface area contributed by atoms with Gasteiger partial charge in [-0.15, -0.1) is 0 Å². The van der Waals surface area contributed by atoms with Crippen molar-refractivity contribution in [3.8, 4) is 0 Å². The first kappa shape index (κ1) is 14.1. The first-order valence-electron chi connectivity index (χ1n) is 7.73. The summed E-state index contributed by atoms with van der Waals surface area (Å²) in [5.74, 6) is -1.02. The monoisotopic (exact) mass is 287 g/mol. The van der Waals surface area contributed by atoms with E-state index < -0.39 is 5.97 Å². The summed E-state index contributed by atoms with van der Waals surface area (Å²) in [7, 11) is 0. The Bertz CT molecular complexity index is 528. The number of aliphatic carboxylic acids is 1. The van der Waals surface area contributed by atoms with E-state index in [1.807, 2.05) is 17.0 Å². The third-order valence-electron chi connectivity index (χ3n) is 4.86. The van der Waals surface area contributed by atoms with Crippen LogP contribution in [0.5, 0.6) is 0 Å². The molecule has 1 saturated carbocycles. The largest absolute Gasteiger partial charge is 0.481 e. The van der Waals surface area contributed by atoms with Gasteiger partial charge in [0.25, 0.3) is 0 Å². The van der Waals surface area contributed by atoms with Crippen molar-refractivity contribution in [1.82, 2.24) is 4.90 Å². The summed E-state index contributed by atoms with van der Waals surface area (Å²) >= 11 is 0. The van der Waals surface area contributed by atoms with Gasteiger partial charge in [-0.1, -0.05) is 24.3 Å². The SMILES string of the molecule is O=C(O)C1CCC(C(=O)N2CCc3ccccc3CC2)C1. The number of rotatable bonds is 2. The van der Waals surface area contributed by atoms with E-state index >= 15 is 0 Å². The molecule has 1 fully saturated rings. The average Bonchev–Trinajstić information content (AvgIpc) is 2.88. The Hall–Kier alpha value is -1.84. The quantitative estimate of drug-likeness (QED) is 0.906. The van der Waals surface area contributed by atoms with Gasteiger partial charge >= 0.3 is 5.97 Å². The Morgan fingerprint density at radius 1 is 1.00 bits per heavy atom. The Labute approximate surface area is 124 Å². The van der Waals surface area contributed by atoms with Crippen LogP contribution in [0.2, 0.25) is 0 Å². The van der Waals surface area contributed by atoms with Gasteiger partial charge in [-0.3, -0.25) is 9.59 Å². The van der Waals surface area contributed by atoms with Crippen molar-refractivity contribution < 1.29 is 14.7 Å². The number of amides is 1. The van der Waals surface area contributed by atoms with Crippen LogP contribution in [0.1, 0.15) is 30.4 Å². The lowest BCUT2D eigenvalue weighted by atomic mass is 10.0.